The van der Waals surface area contributed by atoms with E-state index >= 15 is 0 Å². The van der Waals surface area contributed by atoms with Crippen molar-refractivity contribution in [1.29, 1.82) is 0 Å². The van der Waals surface area contributed by atoms with Crippen molar-refractivity contribution in [3.8, 4) is 0 Å². The zero-order valence-electron chi connectivity index (χ0n) is 14.7. The number of carbonyl (C=O) groups is 3. The van der Waals surface area contributed by atoms with Gasteiger partial charge in [0.1, 0.15) is 0 Å². The van der Waals surface area contributed by atoms with Crippen molar-refractivity contribution in [1.82, 2.24) is 15.5 Å². The summed E-state index contributed by atoms with van der Waals surface area (Å²) in [5.74, 6) is -1.19. The number of hydrogen-bond donors (Lipinski definition) is 2. The average Bonchev–Trinajstić information content (AvgIpc) is 2.59. The van der Waals surface area contributed by atoms with Gasteiger partial charge in [0.25, 0.3) is 0 Å². The Labute approximate surface area is 148 Å². The minimum absolute atomic E-state index is 0.0161. The number of amides is 3. The highest BCUT2D eigenvalue weighted by atomic mass is 16.5. The minimum atomic E-state index is -0.578. The van der Waals surface area contributed by atoms with Crippen LogP contribution in [0.3, 0.4) is 0 Å². The molecule has 1 aromatic carbocycles. The van der Waals surface area contributed by atoms with Gasteiger partial charge in [0.15, 0.2) is 0 Å². The lowest BCUT2D eigenvalue weighted by molar-refractivity contribution is -0.145. The SMILES string of the molecule is C=CCNC(=O)NC(=O)CN(Cc1ccccc1)C[C@H](C)C(=O)OC. The fraction of sp³-hybridized carbons (Fsp3) is 0.389. The van der Waals surface area contributed by atoms with Crippen molar-refractivity contribution in [3.63, 3.8) is 0 Å². The molecule has 1 rings (SSSR count). The quantitative estimate of drug-likeness (QED) is 0.519. The number of nitrogens with one attached hydrogen (secondary N) is 2. The highest BCUT2D eigenvalue weighted by Gasteiger charge is 2.20. The Bertz CT molecular complexity index is 589. The third-order valence-electron chi connectivity index (χ3n) is 3.41. The number of hydrogen-bond acceptors (Lipinski definition) is 5. The predicted molar refractivity (Wildman–Crippen MR) is 94.6 cm³/mol. The summed E-state index contributed by atoms with van der Waals surface area (Å²) in [6, 6.07) is 9.00. The Morgan fingerprint density at radius 2 is 1.96 bits per heavy atom. The Kier molecular flexibility index (Phi) is 8.95. The number of nitrogens with zero attached hydrogens (tertiary/aromatic N) is 1. The van der Waals surface area contributed by atoms with E-state index in [0.717, 1.165) is 5.56 Å². The van der Waals surface area contributed by atoms with Gasteiger partial charge in [0, 0.05) is 19.6 Å². The largest absolute Gasteiger partial charge is 0.469 e. The molecule has 7 nitrogen and oxygen atoms in total. The summed E-state index contributed by atoms with van der Waals surface area (Å²) in [5, 5.41) is 4.73. The average molecular weight is 347 g/mol. The molecule has 0 aliphatic heterocycles. The molecule has 136 valence electrons. The summed E-state index contributed by atoms with van der Waals surface area (Å²) in [5.41, 5.74) is 1.00. The summed E-state index contributed by atoms with van der Waals surface area (Å²) in [7, 11) is 1.33. The summed E-state index contributed by atoms with van der Waals surface area (Å²) in [6.45, 7) is 6.29. The minimum Gasteiger partial charge on any atom is -0.469 e. The standard InChI is InChI=1S/C18H25N3O4/c1-4-10-19-18(24)20-16(22)13-21(11-14(2)17(23)25-3)12-15-8-6-5-7-9-15/h4-9,14H,1,10-13H2,2-3H3,(H2,19,20,22,24)/t14-/m0/s1. The number of esters is 1. The molecule has 0 aromatic heterocycles. The van der Waals surface area contributed by atoms with E-state index in [1.54, 1.807) is 11.8 Å². The molecule has 0 saturated carbocycles. The van der Waals surface area contributed by atoms with E-state index < -0.39 is 17.9 Å². The van der Waals surface area contributed by atoms with Gasteiger partial charge in [-0.15, -0.1) is 6.58 Å². The van der Waals surface area contributed by atoms with Crippen molar-refractivity contribution in [2.75, 3.05) is 26.7 Å². The summed E-state index contributed by atoms with van der Waals surface area (Å²) in [6.07, 6.45) is 1.52. The van der Waals surface area contributed by atoms with E-state index in [1.165, 1.54) is 13.2 Å². The molecule has 0 heterocycles. The normalized spacial score (nSPS) is 11.5. The Hall–Kier alpha value is -2.67. The molecule has 7 heteroatoms. The van der Waals surface area contributed by atoms with E-state index in [4.69, 9.17) is 4.74 Å². The van der Waals surface area contributed by atoms with Gasteiger partial charge in [-0.2, -0.15) is 0 Å². The Morgan fingerprint density at radius 3 is 2.56 bits per heavy atom. The smallest absolute Gasteiger partial charge is 0.321 e. The van der Waals surface area contributed by atoms with Crippen molar-refractivity contribution in [2.45, 2.75) is 13.5 Å². The lowest BCUT2D eigenvalue weighted by Crippen LogP contribution is -2.45. The van der Waals surface area contributed by atoms with Crippen LogP contribution in [-0.4, -0.2) is 49.6 Å². The highest BCUT2D eigenvalue weighted by molar-refractivity contribution is 5.95. The van der Waals surface area contributed by atoms with Gasteiger partial charge >= 0.3 is 12.0 Å². The van der Waals surface area contributed by atoms with Crippen LogP contribution < -0.4 is 10.6 Å². The van der Waals surface area contributed by atoms with E-state index in [9.17, 15) is 14.4 Å². The zero-order valence-corrected chi connectivity index (χ0v) is 14.7. The van der Waals surface area contributed by atoms with Gasteiger partial charge in [-0.25, -0.2) is 4.79 Å². The topological polar surface area (TPSA) is 87.7 Å². The van der Waals surface area contributed by atoms with Gasteiger partial charge in [0.2, 0.25) is 5.91 Å². The fourth-order valence-electron chi connectivity index (χ4n) is 2.27. The highest BCUT2D eigenvalue weighted by Crippen LogP contribution is 2.08. The Morgan fingerprint density at radius 1 is 1.28 bits per heavy atom. The second kappa shape index (κ2) is 11.0. The first kappa shape index (κ1) is 20.4. The lowest BCUT2D eigenvalue weighted by Gasteiger charge is -2.24. The van der Waals surface area contributed by atoms with Crippen LogP contribution in [0.2, 0.25) is 0 Å². The van der Waals surface area contributed by atoms with Gasteiger partial charge in [0.05, 0.1) is 19.6 Å². The third kappa shape index (κ3) is 8.12. The number of benzene rings is 1. The van der Waals surface area contributed by atoms with Gasteiger partial charge in [-0.1, -0.05) is 43.3 Å². The monoisotopic (exact) mass is 347 g/mol. The van der Waals surface area contributed by atoms with E-state index in [1.807, 2.05) is 30.3 Å². The summed E-state index contributed by atoms with van der Waals surface area (Å²) >= 11 is 0. The molecule has 0 saturated heterocycles. The van der Waals surface area contributed by atoms with E-state index in [0.29, 0.717) is 13.1 Å². The lowest BCUT2D eigenvalue weighted by atomic mass is 10.1. The first-order chi connectivity index (χ1) is 12.0. The number of rotatable bonds is 9. The number of carbonyl (C=O) groups excluding carboxylic acids is 3. The van der Waals surface area contributed by atoms with Crippen LogP contribution in [0.15, 0.2) is 43.0 Å². The molecule has 1 atom stereocenters. The van der Waals surface area contributed by atoms with E-state index in [-0.39, 0.29) is 19.1 Å². The van der Waals surface area contributed by atoms with Crippen LogP contribution in [0.4, 0.5) is 4.79 Å². The number of imide groups is 1. The summed E-state index contributed by atoms with van der Waals surface area (Å²) in [4.78, 5) is 37.1. The number of urea groups is 1. The molecule has 0 bridgehead atoms. The molecular weight excluding hydrogens is 322 g/mol. The molecule has 0 unspecified atom stereocenters. The first-order valence-electron chi connectivity index (χ1n) is 7.99. The van der Waals surface area contributed by atoms with Crippen molar-refractivity contribution in [3.05, 3.63) is 48.6 Å². The number of ether oxygens (including phenoxy) is 1. The fourth-order valence-corrected chi connectivity index (χ4v) is 2.27. The van der Waals surface area contributed by atoms with Gasteiger partial charge in [-0.3, -0.25) is 19.8 Å². The molecular formula is C18H25N3O4. The first-order valence-corrected chi connectivity index (χ1v) is 7.99. The molecule has 2 N–H and O–H groups in total. The Balaban J connectivity index is 2.69. The predicted octanol–water partition coefficient (Wildman–Crippen LogP) is 1.31. The van der Waals surface area contributed by atoms with Crippen LogP contribution in [-0.2, 0) is 20.9 Å². The molecule has 3 amide bonds. The third-order valence-corrected chi connectivity index (χ3v) is 3.41. The molecule has 0 aliphatic carbocycles. The molecule has 0 aliphatic rings. The van der Waals surface area contributed by atoms with Crippen LogP contribution in [0.5, 0.6) is 0 Å². The number of methoxy groups -OCH3 is 1. The van der Waals surface area contributed by atoms with Gasteiger partial charge < -0.3 is 10.1 Å². The molecule has 0 spiro atoms. The second-order valence-electron chi connectivity index (χ2n) is 5.63. The zero-order chi connectivity index (χ0) is 18.7. The maximum Gasteiger partial charge on any atom is 0.321 e. The molecule has 1 aromatic rings. The maximum absolute atomic E-state index is 12.1. The van der Waals surface area contributed by atoms with Crippen molar-refractivity contribution < 1.29 is 19.1 Å². The molecule has 0 radical (unpaired) electrons. The molecule has 25 heavy (non-hydrogen) atoms. The van der Waals surface area contributed by atoms with Crippen LogP contribution in [0, 0.1) is 5.92 Å². The maximum atomic E-state index is 12.1. The van der Waals surface area contributed by atoms with Crippen molar-refractivity contribution >= 4 is 17.9 Å². The van der Waals surface area contributed by atoms with Crippen LogP contribution in [0.1, 0.15) is 12.5 Å². The van der Waals surface area contributed by atoms with Crippen LogP contribution in [0.25, 0.3) is 0 Å². The second-order valence-corrected chi connectivity index (χ2v) is 5.63. The van der Waals surface area contributed by atoms with Gasteiger partial charge in [-0.05, 0) is 5.56 Å². The van der Waals surface area contributed by atoms with Crippen LogP contribution >= 0.6 is 0 Å². The van der Waals surface area contributed by atoms with Crippen molar-refractivity contribution in [2.24, 2.45) is 5.92 Å². The van der Waals surface area contributed by atoms with E-state index in [2.05, 4.69) is 17.2 Å². The summed E-state index contributed by atoms with van der Waals surface area (Å²) < 4.78 is 4.74. The molecule has 0 fully saturated rings.